The van der Waals surface area contributed by atoms with Gasteiger partial charge >= 0.3 is 0 Å². The van der Waals surface area contributed by atoms with E-state index in [1.807, 2.05) is 58.9 Å². The van der Waals surface area contributed by atoms with Crippen molar-refractivity contribution in [3.63, 3.8) is 0 Å². The highest BCUT2D eigenvalue weighted by Crippen LogP contribution is 2.20. The van der Waals surface area contributed by atoms with Crippen LogP contribution in [0.3, 0.4) is 0 Å². The maximum absolute atomic E-state index is 12.6. The molecule has 3 aromatic rings. The minimum Gasteiger partial charge on any atom is -0.365 e. The monoisotopic (exact) mass is 335 g/mol. The van der Waals surface area contributed by atoms with E-state index in [0.29, 0.717) is 6.04 Å². The van der Waals surface area contributed by atoms with E-state index < -0.39 is 0 Å². The molecule has 6 heteroatoms. The fraction of sp³-hybridized carbons (Fsp3) is 0.316. The Bertz CT molecular complexity index is 878. The number of benzene rings is 1. The molecule has 0 aliphatic carbocycles. The second kappa shape index (κ2) is 6.55. The number of piperidine rings is 1. The minimum atomic E-state index is 0.120. The van der Waals surface area contributed by atoms with Crippen LogP contribution < -0.4 is 5.32 Å². The maximum atomic E-state index is 12.6. The summed E-state index contributed by atoms with van der Waals surface area (Å²) in [6.45, 7) is 3.54. The number of nitrogens with one attached hydrogen (secondary N) is 1. The average molecular weight is 335 g/mol. The third-order valence-corrected chi connectivity index (χ3v) is 4.76. The lowest BCUT2D eigenvalue weighted by Crippen LogP contribution is -2.42. The zero-order valence-corrected chi connectivity index (χ0v) is 14.2. The Kier molecular flexibility index (Phi) is 4.09. The van der Waals surface area contributed by atoms with Crippen molar-refractivity contribution in [1.82, 2.24) is 19.5 Å². The highest BCUT2D eigenvalue weighted by Gasteiger charge is 2.24. The van der Waals surface area contributed by atoms with Crippen LogP contribution in [0.4, 0.5) is 5.82 Å². The van der Waals surface area contributed by atoms with E-state index in [0.717, 1.165) is 42.8 Å². The van der Waals surface area contributed by atoms with Gasteiger partial charge in [-0.3, -0.25) is 4.79 Å². The van der Waals surface area contributed by atoms with Gasteiger partial charge in [0.15, 0.2) is 5.82 Å². The Labute approximate surface area is 146 Å². The summed E-state index contributed by atoms with van der Waals surface area (Å²) in [6.07, 6.45) is 5.29. The number of carbonyl (C=O) groups is 1. The lowest BCUT2D eigenvalue weighted by Gasteiger charge is -2.32. The molecule has 0 radical (unpaired) electrons. The first-order valence-corrected chi connectivity index (χ1v) is 8.61. The van der Waals surface area contributed by atoms with Crippen molar-refractivity contribution in [2.45, 2.75) is 25.8 Å². The van der Waals surface area contributed by atoms with Gasteiger partial charge in [0.1, 0.15) is 11.8 Å². The molecule has 3 heterocycles. The zero-order valence-electron chi connectivity index (χ0n) is 14.2. The summed E-state index contributed by atoms with van der Waals surface area (Å²) in [7, 11) is 0. The van der Waals surface area contributed by atoms with Crippen molar-refractivity contribution in [3.8, 4) is 0 Å². The normalized spacial score (nSPS) is 15.5. The number of hydrogen-bond donors (Lipinski definition) is 1. The molecule has 1 fully saturated rings. The molecule has 128 valence electrons. The van der Waals surface area contributed by atoms with Crippen LogP contribution >= 0.6 is 0 Å². The fourth-order valence-corrected chi connectivity index (χ4v) is 3.28. The summed E-state index contributed by atoms with van der Waals surface area (Å²) >= 11 is 0. The van der Waals surface area contributed by atoms with E-state index in [9.17, 15) is 4.79 Å². The zero-order chi connectivity index (χ0) is 17.2. The number of likely N-dealkylation sites (tertiary alicyclic amines) is 1. The van der Waals surface area contributed by atoms with Gasteiger partial charge < -0.3 is 10.2 Å². The highest BCUT2D eigenvalue weighted by atomic mass is 16.2. The Morgan fingerprint density at radius 1 is 1.16 bits per heavy atom. The Hall–Kier alpha value is -2.89. The SMILES string of the molecule is Cc1ccc(C(=O)N2CCC(Nc3ncnn4cccc34)CC2)cc1. The van der Waals surface area contributed by atoms with Gasteiger partial charge in [0.2, 0.25) is 0 Å². The molecule has 0 saturated carbocycles. The van der Waals surface area contributed by atoms with Crippen LogP contribution in [0.15, 0.2) is 48.9 Å². The number of fused-ring (bicyclic) bond motifs is 1. The van der Waals surface area contributed by atoms with Crippen LogP contribution in [0.2, 0.25) is 0 Å². The Balaban J connectivity index is 1.39. The molecule has 25 heavy (non-hydrogen) atoms. The van der Waals surface area contributed by atoms with Crippen molar-refractivity contribution in [2.75, 3.05) is 18.4 Å². The number of aryl methyl sites for hydroxylation is 1. The van der Waals surface area contributed by atoms with E-state index in [2.05, 4.69) is 15.4 Å². The van der Waals surface area contributed by atoms with E-state index in [1.54, 1.807) is 6.33 Å². The molecule has 0 bridgehead atoms. The lowest BCUT2D eigenvalue weighted by molar-refractivity contribution is 0.0718. The molecule has 1 saturated heterocycles. The quantitative estimate of drug-likeness (QED) is 0.799. The summed E-state index contributed by atoms with van der Waals surface area (Å²) in [5.74, 6) is 0.970. The molecule has 1 aliphatic rings. The van der Waals surface area contributed by atoms with Crippen LogP contribution in [-0.4, -0.2) is 44.5 Å². The molecule has 1 aliphatic heterocycles. The summed E-state index contributed by atoms with van der Waals surface area (Å²) in [6, 6.07) is 12.1. The second-order valence-corrected chi connectivity index (χ2v) is 6.52. The van der Waals surface area contributed by atoms with Crippen molar-refractivity contribution in [2.24, 2.45) is 0 Å². The molecule has 1 aromatic carbocycles. The number of aromatic nitrogens is 3. The van der Waals surface area contributed by atoms with Gasteiger partial charge in [0, 0.05) is 30.9 Å². The Morgan fingerprint density at radius 2 is 1.92 bits per heavy atom. The predicted molar refractivity (Wildman–Crippen MR) is 96.7 cm³/mol. The third-order valence-electron chi connectivity index (χ3n) is 4.76. The highest BCUT2D eigenvalue weighted by molar-refractivity contribution is 5.94. The molecular weight excluding hydrogens is 314 g/mol. The van der Waals surface area contributed by atoms with E-state index in [4.69, 9.17) is 0 Å². The number of anilines is 1. The van der Waals surface area contributed by atoms with Gasteiger partial charge in [-0.1, -0.05) is 17.7 Å². The summed E-state index contributed by atoms with van der Waals surface area (Å²) in [5, 5.41) is 7.69. The van der Waals surface area contributed by atoms with E-state index in [-0.39, 0.29) is 5.91 Å². The first-order chi connectivity index (χ1) is 12.2. The lowest BCUT2D eigenvalue weighted by atomic mass is 10.0. The minimum absolute atomic E-state index is 0.120. The first-order valence-electron chi connectivity index (χ1n) is 8.61. The maximum Gasteiger partial charge on any atom is 0.253 e. The molecule has 4 rings (SSSR count). The van der Waals surface area contributed by atoms with Crippen LogP contribution in [0.25, 0.3) is 5.52 Å². The molecule has 0 atom stereocenters. The molecular formula is C19H21N5O. The van der Waals surface area contributed by atoms with Gasteiger partial charge in [-0.2, -0.15) is 5.10 Å². The molecule has 2 aromatic heterocycles. The van der Waals surface area contributed by atoms with Crippen molar-refractivity contribution < 1.29 is 4.79 Å². The number of carbonyl (C=O) groups excluding carboxylic acids is 1. The van der Waals surface area contributed by atoms with Gasteiger partial charge in [0.05, 0.1) is 0 Å². The average Bonchev–Trinajstić information content (AvgIpc) is 3.12. The topological polar surface area (TPSA) is 62.5 Å². The summed E-state index contributed by atoms with van der Waals surface area (Å²) < 4.78 is 1.81. The van der Waals surface area contributed by atoms with E-state index in [1.165, 1.54) is 5.56 Å². The first kappa shape index (κ1) is 15.6. The van der Waals surface area contributed by atoms with Crippen LogP contribution in [-0.2, 0) is 0 Å². The largest absolute Gasteiger partial charge is 0.365 e. The molecule has 0 spiro atoms. The van der Waals surface area contributed by atoms with Crippen molar-refractivity contribution in [1.29, 1.82) is 0 Å². The molecule has 0 unspecified atom stereocenters. The van der Waals surface area contributed by atoms with Crippen LogP contribution in [0.1, 0.15) is 28.8 Å². The predicted octanol–water partition coefficient (Wildman–Crippen LogP) is 2.75. The number of amides is 1. The van der Waals surface area contributed by atoms with Gasteiger partial charge in [-0.05, 0) is 44.0 Å². The molecule has 1 amide bonds. The van der Waals surface area contributed by atoms with Crippen molar-refractivity contribution in [3.05, 3.63) is 60.0 Å². The molecule has 1 N–H and O–H groups in total. The Morgan fingerprint density at radius 3 is 2.68 bits per heavy atom. The number of nitrogens with zero attached hydrogens (tertiary/aromatic N) is 4. The summed E-state index contributed by atoms with van der Waals surface area (Å²) in [5.41, 5.74) is 2.91. The van der Waals surface area contributed by atoms with Gasteiger partial charge in [-0.25, -0.2) is 9.50 Å². The van der Waals surface area contributed by atoms with Crippen molar-refractivity contribution >= 4 is 17.2 Å². The van der Waals surface area contributed by atoms with Crippen LogP contribution in [0, 0.1) is 6.92 Å². The fourth-order valence-electron chi connectivity index (χ4n) is 3.28. The van der Waals surface area contributed by atoms with Gasteiger partial charge in [0.25, 0.3) is 5.91 Å². The van der Waals surface area contributed by atoms with E-state index >= 15 is 0 Å². The van der Waals surface area contributed by atoms with Crippen LogP contribution in [0.5, 0.6) is 0 Å². The molecule has 6 nitrogen and oxygen atoms in total. The number of hydrogen-bond acceptors (Lipinski definition) is 4. The summed E-state index contributed by atoms with van der Waals surface area (Å²) in [4.78, 5) is 18.9. The standard InChI is InChI=1S/C19H21N5O/c1-14-4-6-15(7-5-14)19(25)23-11-8-16(9-12-23)22-18-17-3-2-10-24(17)21-13-20-18/h2-7,10,13,16H,8-9,11-12H2,1H3,(H,20,21,22). The third kappa shape index (κ3) is 3.20. The smallest absolute Gasteiger partial charge is 0.253 e. The second-order valence-electron chi connectivity index (χ2n) is 6.52. The van der Waals surface area contributed by atoms with Gasteiger partial charge in [-0.15, -0.1) is 0 Å². The number of rotatable bonds is 3.